The molecular formula is C21H24N2O. The van der Waals surface area contributed by atoms with Crippen molar-refractivity contribution < 1.29 is 4.74 Å². The predicted molar refractivity (Wildman–Crippen MR) is 101 cm³/mol. The van der Waals surface area contributed by atoms with E-state index in [-0.39, 0.29) is 0 Å². The number of unbranched alkanes of at least 4 members (excludes halogenated alkanes) is 2. The summed E-state index contributed by atoms with van der Waals surface area (Å²) in [6.07, 6.45) is 3.64. The standard InChI is InChI=1S/C21H24N2O/c1-2-3-7-15-22-20-14-13-18-11-8-12-19(21(18)23-20)24-16-17-9-5-4-6-10-17/h4-6,8-14H,2-3,7,15-16H2,1H3,(H,22,23). The predicted octanol–water partition coefficient (Wildman–Crippen LogP) is 5.42. The van der Waals surface area contributed by atoms with Crippen molar-refractivity contribution in [2.75, 3.05) is 11.9 Å². The molecule has 0 atom stereocenters. The smallest absolute Gasteiger partial charge is 0.146 e. The number of pyridine rings is 1. The fraction of sp³-hybridized carbons (Fsp3) is 0.286. The maximum Gasteiger partial charge on any atom is 0.146 e. The van der Waals surface area contributed by atoms with E-state index in [2.05, 4.69) is 36.5 Å². The molecule has 0 aliphatic heterocycles. The summed E-state index contributed by atoms with van der Waals surface area (Å²) in [5.41, 5.74) is 2.07. The Hall–Kier alpha value is -2.55. The van der Waals surface area contributed by atoms with Gasteiger partial charge in [0, 0.05) is 11.9 Å². The molecule has 3 nitrogen and oxygen atoms in total. The van der Waals surface area contributed by atoms with E-state index in [4.69, 9.17) is 9.72 Å². The number of hydrogen-bond donors (Lipinski definition) is 1. The van der Waals surface area contributed by atoms with Crippen LogP contribution in [0.3, 0.4) is 0 Å². The number of nitrogens with one attached hydrogen (secondary N) is 1. The molecule has 3 aromatic rings. The molecule has 0 spiro atoms. The maximum absolute atomic E-state index is 6.01. The minimum Gasteiger partial charge on any atom is -0.487 e. The Morgan fingerprint density at radius 3 is 2.62 bits per heavy atom. The minimum absolute atomic E-state index is 0.551. The lowest BCUT2D eigenvalue weighted by atomic mass is 10.2. The second-order valence-corrected chi connectivity index (χ2v) is 5.93. The summed E-state index contributed by atoms with van der Waals surface area (Å²) in [6, 6.07) is 20.4. The molecule has 0 saturated heterocycles. The van der Waals surface area contributed by atoms with E-state index < -0.39 is 0 Å². The fourth-order valence-electron chi connectivity index (χ4n) is 2.66. The quantitative estimate of drug-likeness (QED) is 0.563. The number of anilines is 1. The number of aromatic nitrogens is 1. The van der Waals surface area contributed by atoms with Gasteiger partial charge in [-0.05, 0) is 30.2 Å². The van der Waals surface area contributed by atoms with Crippen LogP contribution in [0.2, 0.25) is 0 Å². The Balaban J connectivity index is 1.74. The molecular weight excluding hydrogens is 296 g/mol. The average molecular weight is 320 g/mol. The van der Waals surface area contributed by atoms with Gasteiger partial charge in [-0.1, -0.05) is 62.2 Å². The Labute approximate surface area is 143 Å². The SMILES string of the molecule is CCCCCNc1ccc2cccc(OCc3ccccc3)c2n1. The van der Waals surface area contributed by atoms with Gasteiger partial charge in [0.1, 0.15) is 23.7 Å². The van der Waals surface area contributed by atoms with Crippen LogP contribution >= 0.6 is 0 Å². The van der Waals surface area contributed by atoms with Crippen molar-refractivity contribution in [3.05, 3.63) is 66.2 Å². The van der Waals surface area contributed by atoms with Crippen LogP contribution in [0, 0.1) is 0 Å². The van der Waals surface area contributed by atoms with Crippen LogP contribution in [-0.2, 0) is 6.61 Å². The zero-order valence-electron chi connectivity index (χ0n) is 14.2. The van der Waals surface area contributed by atoms with Gasteiger partial charge in [0.25, 0.3) is 0 Å². The number of hydrogen-bond acceptors (Lipinski definition) is 3. The average Bonchev–Trinajstić information content (AvgIpc) is 2.64. The first kappa shape index (κ1) is 16.3. The Morgan fingerprint density at radius 2 is 1.79 bits per heavy atom. The van der Waals surface area contributed by atoms with Crippen LogP contribution in [-0.4, -0.2) is 11.5 Å². The number of ether oxygens (including phenoxy) is 1. The van der Waals surface area contributed by atoms with E-state index >= 15 is 0 Å². The van der Waals surface area contributed by atoms with E-state index in [0.717, 1.165) is 34.6 Å². The van der Waals surface area contributed by atoms with Crippen molar-refractivity contribution >= 4 is 16.7 Å². The highest BCUT2D eigenvalue weighted by atomic mass is 16.5. The summed E-state index contributed by atoms with van der Waals surface area (Å²) in [7, 11) is 0. The second-order valence-electron chi connectivity index (χ2n) is 5.93. The van der Waals surface area contributed by atoms with Crippen LogP contribution < -0.4 is 10.1 Å². The van der Waals surface area contributed by atoms with Gasteiger partial charge in [-0.2, -0.15) is 0 Å². The van der Waals surface area contributed by atoms with Gasteiger partial charge in [0.15, 0.2) is 0 Å². The lowest BCUT2D eigenvalue weighted by Gasteiger charge is -2.11. The van der Waals surface area contributed by atoms with E-state index in [9.17, 15) is 0 Å². The number of para-hydroxylation sites is 1. The van der Waals surface area contributed by atoms with Gasteiger partial charge in [-0.3, -0.25) is 0 Å². The highest BCUT2D eigenvalue weighted by molar-refractivity contribution is 5.85. The third kappa shape index (κ3) is 4.25. The molecule has 1 N–H and O–H groups in total. The first-order valence-corrected chi connectivity index (χ1v) is 8.67. The first-order chi connectivity index (χ1) is 11.9. The van der Waals surface area contributed by atoms with Crippen LogP contribution in [0.5, 0.6) is 5.75 Å². The third-order valence-corrected chi connectivity index (χ3v) is 4.01. The normalized spacial score (nSPS) is 10.7. The van der Waals surface area contributed by atoms with Crippen molar-refractivity contribution in [3.8, 4) is 5.75 Å². The molecule has 1 heterocycles. The number of rotatable bonds is 8. The van der Waals surface area contributed by atoms with Gasteiger partial charge >= 0.3 is 0 Å². The van der Waals surface area contributed by atoms with Gasteiger partial charge in [0.05, 0.1) is 0 Å². The largest absolute Gasteiger partial charge is 0.487 e. The highest BCUT2D eigenvalue weighted by Gasteiger charge is 2.05. The van der Waals surface area contributed by atoms with Crippen molar-refractivity contribution in [2.45, 2.75) is 32.8 Å². The first-order valence-electron chi connectivity index (χ1n) is 8.67. The lowest BCUT2D eigenvalue weighted by molar-refractivity contribution is 0.309. The molecule has 3 rings (SSSR count). The second kappa shape index (κ2) is 8.34. The van der Waals surface area contributed by atoms with Crippen LogP contribution in [0.4, 0.5) is 5.82 Å². The molecule has 0 amide bonds. The molecule has 3 heteroatoms. The van der Waals surface area contributed by atoms with Crippen molar-refractivity contribution in [1.29, 1.82) is 0 Å². The summed E-state index contributed by atoms with van der Waals surface area (Å²) in [6.45, 7) is 3.72. The minimum atomic E-state index is 0.551. The molecule has 0 bridgehead atoms. The number of fused-ring (bicyclic) bond motifs is 1. The molecule has 2 aromatic carbocycles. The van der Waals surface area contributed by atoms with Gasteiger partial charge in [0.2, 0.25) is 0 Å². The Kier molecular flexibility index (Phi) is 5.67. The highest BCUT2D eigenvalue weighted by Crippen LogP contribution is 2.26. The monoisotopic (exact) mass is 320 g/mol. The Bertz CT molecular complexity index is 771. The number of benzene rings is 2. The zero-order chi connectivity index (χ0) is 16.6. The molecule has 24 heavy (non-hydrogen) atoms. The van der Waals surface area contributed by atoms with Crippen molar-refractivity contribution in [2.24, 2.45) is 0 Å². The van der Waals surface area contributed by atoms with E-state index in [0.29, 0.717) is 6.61 Å². The number of nitrogens with zero attached hydrogens (tertiary/aromatic N) is 1. The van der Waals surface area contributed by atoms with Gasteiger partial charge in [-0.25, -0.2) is 4.98 Å². The van der Waals surface area contributed by atoms with E-state index in [1.807, 2.05) is 36.4 Å². The molecule has 1 aromatic heterocycles. The van der Waals surface area contributed by atoms with Crippen LogP contribution in [0.15, 0.2) is 60.7 Å². The van der Waals surface area contributed by atoms with Crippen molar-refractivity contribution in [3.63, 3.8) is 0 Å². The molecule has 0 aliphatic carbocycles. The van der Waals surface area contributed by atoms with E-state index in [1.165, 1.54) is 19.3 Å². The lowest BCUT2D eigenvalue weighted by Crippen LogP contribution is -2.03. The van der Waals surface area contributed by atoms with E-state index in [1.54, 1.807) is 0 Å². The van der Waals surface area contributed by atoms with Crippen molar-refractivity contribution in [1.82, 2.24) is 4.98 Å². The third-order valence-electron chi connectivity index (χ3n) is 4.01. The summed E-state index contributed by atoms with van der Waals surface area (Å²) in [4.78, 5) is 4.75. The van der Waals surface area contributed by atoms with Gasteiger partial charge in [-0.15, -0.1) is 0 Å². The summed E-state index contributed by atoms with van der Waals surface area (Å²) in [5, 5.41) is 4.50. The molecule has 0 aliphatic rings. The molecule has 0 saturated carbocycles. The summed E-state index contributed by atoms with van der Waals surface area (Å²) < 4.78 is 6.01. The molecule has 0 unspecified atom stereocenters. The summed E-state index contributed by atoms with van der Waals surface area (Å²) >= 11 is 0. The molecule has 0 fully saturated rings. The summed E-state index contributed by atoms with van der Waals surface area (Å²) in [5.74, 6) is 1.74. The topological polar surface area (TPSA) is 34.1 Å². The van der Waals surface area contributed by atoms with Gasteiger partial charge < -0.3 is 10.1 Å². The Morgan fingerprint density at radius 1 is 0.917 bits per heavy atom. The zero-order valence-corrected chi connectivity index (χ0v) is 14.2. The van der Waals surface area contributed by atoms with Crippen LogP contribution in [0.25, 0.3) is 10.9 Å². The van der Waals surface area contributed by atoms with Crippen LogP contribution in [0.1, 0.15) is 31.7 Å². The maximum atomic E-state index is 6.01. The molecule has 124 valence electrons. The fourth-order valence-corrected chi connectivity index (χ4v) is 2.66. The molecule has 0 radical (unpaired) electrons.